The van der Waals surface area contributed by atoms with Gasteiger partial charge in [0.1, 0.15) is 5.84 Å². The average Bonchev–Trinajstić information content (AvgIpc) is 2.27. The van der Waals surface area contributed by atoms with E-state index in [2.05, 4.69) is 0 Å². The lowest BCUT2D eigenvalue weighted by atomic mass is 10.0. The Morgan fingerprint density at radius 1 is 1.39 bits per heavy atom. The van der Waals surface area contributed by atoms with Gasteiger partial charge in [0.15, 0.2) is 0 Å². The van der Waals surface area contributed by atoms with Crippen molar-refractivity contribution in [1.29, 1.82) is 5.41 Å². The number of hydrogen-bond acceptors (Lipinski definition) is 2. The quantitative estimate of drug-likeness (QED) is 0.645. The molecule has 3 N–H and O–H groups in total. The fourth-order valence-corrected chi connectivity index (χ4v) is 1.70. The molecule has 0 bridgehead atoms. The molecule has 1 aromatic rings. The first-order chi connectivity index (χ1) is 8.27. The summed E-state index contributed by atoms with van der Waals surface area (Å²) < 4.78 is 38.6. The lowest BCUT2D eigenvalue weighted by Crippen LogP contribution is -2.22. The number of anilines is 1. The van der Waals surface area contributed by atoms with Gasteiger partial charge in [-0.2, -0.15) is 13.2 Å². The molecule has 0 radical (unpaired) electrons. The molecular formula is C12H16F3N3. The number of nitrogen functional groups attached to an aromatic ring is 1. The monoisotopic (exact) mass is 259 g/mol. The number of nitrogens with one attached hydrogen (secondary N) is 1. The van der Waals surface area contributed by atoms with E-state index in [1.165, 1.54) is 6.07 Å². The van der Waals surface area contributed by atoms with Crippen molar-refractivity contribution in [2.75, 3.05) is 18.5 Å². The number of benzene rings is 1. The van der Waals surface area contributed by atoms with Gasteiger partial charge in [-0.25, -0.2) is 0 Å². The van der Waals surface area contributed by atoms with E-state index in [1.807, 2.05) is 6.92 Å². The first-order valence-electron chi connectivity index (χ1n) is 5.54. The Bertz CT molecular complexity index is 441. The summed E-state index contributed by atoms with van der Waals surface area (Å²) >= 11 is 0. The van der Waals surface area contributed by atoms with Gasteiger partial charge in [-0.15, -0.1) is 0 Å². The minimum atomic E-state index is -4.51. The van der Waals surface area contributed by atoms with Gasteiger partial charge < -0.3 is 10.6 Å². The van der Waals surface area contributed by atoms with Gasteiger partial charge in [0.25, 0.3) is 0 Å². The summed E-state index contributed by atoms with van der Waals surface area (Å²) in [5, 5.41) is 7.18. The number of halogens is 3. The standard InChI is InChI=1S/C12H16F3N3/c1-3-6-18(2)8-4-5-9(11(16)17)10(7-8)12(13,14)15/h4-5,7H,3,6H2,1-2H3,(H3,16,17). The van der Waals surface area contributed by atoms with E-state index in [-0.39, 0.29) is 5.56 Å². The maximum absolute atomic E-state index is 12.9. The number of alkyl halides is 3. The summed E-state index contributed by atoms with van der Waals surface area (Å²) in [7, 11) is 1.73. The van der Waals surface area contributed by atoms with E-state index in [1.54, 1.807) is 18.0 Å². The maximum atomic E-state index is 12.9. The fraction of sp³-hybridized carbons (Fsp3) is 0.417. The predicted molar refractivity (Wildman–Crippen MR) is 66.0 cm³/mol. The highest BCUT2D eigenvalue weighted by Gasteiger charge is 2.34. The molecule has 1 rings (SSSR count). The van der Waals surface area contributed by atoms with Crippen molar-refractivity contribution >= 4 is 11.5 Å². The van der Waals surface area contributed by atoms with E-state index < -0.39 is 17.6 Å². The number of nitrogens with zero attached hydrogens (tertiary/aromatic N) is 1. The first kappa shape index (κ1) is 14.3. The lowest BCUT2D eigenvalue weighted by molar-refractivity contribution is -0.137. The highest BCUT2D eigenvalue weighted by atomic mass is 19.4. The van der Waals surface area contributed by atoms with Crippen LogP contribution in [0.25, 0.3) is 0 Å². The zero-order valence-electron chi connectivity index (χ0n) is 10.3. The Labute approximate surface area is 104 Å². The minimum absolute atomic E-state index is 0.281. The number of hydrogen-bond donors (Lipinski definition) is 2. The molecule has 0 aliphatic carbocycles. The summed E-state index contributed by atoms with van der Waals surface area (Å²) in [4.78, 5) is 1.74. The van der Waals surface area contributed by atoms with Crippen molar-refractivity contribution < 1.29 is 13.2 Å². The number of amidine groups is 1. The summed E-state index contributed by atoms with van der Waals surface area (Å²) in [6.07, 6.45) is -3.67. The van der Waals surface area contributed by atoms with Crippen LogP contribution in [0.5, 0.6) is 0 Å². The summed E-state index contributed by atoms with van der Waals surface area (Å²) in [5.41, 5.74) is 4.49. The summed E-state index contributed by atoms with van der Waals surface area (Å²) in [6, 6.07) is 3.82. The molecule has 0 aliphatic rings. The Kier molecular flexibility index (Phi) is 4.21. The van der Waals surface area contributed by atoms with Crippen LogP contribution in [-0.2, 0) is 6.18 Å². The van der Waals surface area contributed by atoms with Crippen LogP contribution in [0.2, 0.25) is 0 Å². The third-order valence-electron chi connectivity index (χ3n) is 2.60. The third kappa shape index (κ3) is 3.15. The van der Waals surface area contributed by atoms with E-state index in [0.717, 1.165) is 12.5 Å². The van der Waals surface area contributed by atoms with Gasteiger partial charge >= 0.3 is 6.18 Å². The molecule has 3 nitrogen and oxygen atoms in total. The minimum Gasteiger partial charge on any atom is -0.384 e. The molecule has 0 amide bonds. The highest BCUT2D eigenvalue weighted by molar-refractivity contribution is 5.97. The van der Waals surface area contributed by atoms with Crippen molar-refractivity contribution in [2.24, 2.45) is 5.73 Å². The predicted octanol–water partition coefficient (Wildman–Crippen LogP) is 2.84. The van der Waals surface area contributed by atoms with Crippen LogP contribution in [0.1, 0.15) is 24.5 Å². The molecule has 0 saturated carbocycles. The van der Waals surface area contributed by atoms with Crippen molar-refractivity contribution in [3.63, 3.8) is 0 Å². The van der Waals surface area contributed by atoms with Crippen LogP contribution in [0.4, 0.5) is 18.9 Å². The van der Waals surface area contributed by atoms with Gasteiger partial charge in [0.2, 0.25) is 0 Å². The SMILES string of the molecule is CCCN(C)c1ccc(C(=N)N)c(C(F)(F)F)c1. The largest absolute Gasteiger partial charge is 0.417 e. The number of nitrogens with two attached hydrogens (primary N) is 1. The molecule has 0 atom stereocenters. The van der Waals surface area contributed by atoms with Crippen molar-refractivity contribution in [2.45, 2.75) is 19.5 Å². The highest BCUT2D eigenvalue weighted by Crippen LogP contribution is 2.34. The Morgan fingerprint density at radius 2 is 2.00 bits per heavy atom. The van der Waals surface area contributed by atoms with Crippen LogP contribution < -0.4 is 10.6 Å². The van der Waals surface area contributed by atoms with E-state index in [4.69, 9.17) is 11.1 Å². The third-order valence-corrected chi connectivity index (χ3v) is 2.60. The van der Waals surface area contributed by atoms with Gasteiger partial charge in [-0.1, -0.05) is 6.92 Å². The maximum Gasteiger partial charge on any atom is 0.417 e. The number of rotatable bonds is 4. The molecule has 100 valence electrons. The van der Waals surface area contributed by atoms with Crippen LogP contribution >= 0.6 is 0 Å². The summed E-state index contributed by atoms with van der Waals surface area (Å²) in [6.45, 7) is 2.61. The molecule has 0 saturated heterocycles. The van der Waals surface area contributed by atoms with E-state index >= 15 is 0 Å². The van der Waals surface area contributed by atoms with Crippen LogP contribution in [0.15, 0.2) is 18.2 Å². The molecule has 0 spiro atoms. The van der Waals surface area contributed by atoms with Crippen molar-refractivity contribution in [3.05, 3.63) is 29.3 Å². The molecular weight excluding hydrogens is 243 g/mol. The second-order valence-corrected chi connectivity index (χ2v) is 4.06. The zero-order chi connectivity index (χ0) is 13.9. The summed E-state index contributed by atoms with van der Waals surface area (Å²) in [5.74, 6) is -0.577. The molecule has 18 heavy (non-hydrogen) atoms. The Balaban J connectivity index is 3.26. The van der Waals surface area contributed by atoms with Gasteiger partial charge in [0, 0.05) is 24.8 Å². The molecule has 1 aromatic carbocycles. The smallest absolute Gasteiger partial charge is 0.384 e. The topological polar surface area (TPSA) is 53.1 Å². The molecule has 6 heteroatoms. The van der Waals surface area contributed by atoms with Crippen molar-refractivity contribution in [3.8, 4) is 0 Å². The van der Waals surface area contributed by atoms with Crippen molar-refractivity contribution in [1.82, 2.24) is 0 Å². The normalized spacial score (nSPS) is 11.4. The fourth-order valence-electron chi connectivity index (χ4n) is 1.70. The second-order valence-electron chi connectivity index (χ2n) is 4.06. The Morgan fingerprint density at radius 3 is 2.44 bits per heavy atom. The zero-order valence-corrected chi connectivity index (χ0v) is 10.3. The molecule has 0 aromatic heterocycles. The van der Waals surface area contributed by atoms with Crippen LogP contribution in [0, 0.1) is 5.41 Å². The van der Waals surface area contributed by atoms with Gasteiger partial charge in [-0.05, 0) is 24.6 Å². The van der Waals surface area contributed by atoms with Crippen LogP contribution in [0.3, 0.4) is 0 Å². The molecule has 0 unspecified atom stereocenters. The lowest BCUT2D eigenvalue weighted by Gasteiger charge is -2.21. The van der Waals surface area contributed by atoms with E-state index in [0.29, 0.717) is 12.2 Å². The van der Waals surface area contributed by atoms with Crippen LogP contribution in [-0.4, -0.2) is 19.4 Å². The second kappa shape index (κ2) is 5.29. The van der Waals surface area contributed by atoms with E-state index in [9.17, 15) is 13.2 Å². The van der Waals surface area contributed by atoms with Gasteiger partial charge in [-0.3, -0.25) is 5.41 Å². The molecule has 0 heterocycles. The molecule has 0 aliphatic heterocycles. The molecule has 0 fully saturated rings. The Hall–Kier alpha value is -1.72. The first-order valence-corrected chi connectivity index (χ1v) is 5.54. The average molecular weight is 259 g/mol. The van der Waals surface area contributed by atoms with Gasteiger partial charge in [0.05, 0.1) is 5.56 Å².